The number of piperidine rings is 1. The van der Waals surface area contributed by atoms with Gasteiger partial charge < -0.3 is 10.6 Å². The van der Waals surface area contributed by atoms with Crippen LogP contribution in [-0.4, -0.2) is 34.1 Å². The number of aromatic nitrogens is 3. The van der Waals surface area contributed by atoms with Crippen molar-refractivity contribution in [1.82, 2.24) is 20.3 Å². The molecule has 0 saturated carbocycles. The summed E-state index contributed by atoms with van der Waals surface area (Å²) < 4.78 is 0. The van der Waals surface area contributed by atoms with Gasteiger partial charge in [0.2, 0.25) is 0 Å². The molecule has 132 valence electrons. The Kier molecular flexibility index (Phi) is 5.09. The molecule has 0 bridgehead atoms. The first-order valence-electron chi connectivity index (χ1n) is 8.80. The molecule has 1 aliphatic heterocycles. The van der Waals surface area contributed by atoms with Crippen LogP contribution in [0.15, 0.2) is 55.0 Å². The minimum atomic E-state index is 0.402. The summed E-state index contributed by atoms with van der Waals surface area (Å²) in [5.74, 6) is 1.53. The number of hydrogen-bond acceptors (Lipinski definition) is 5. The molecule has 0 aliphatic carbocycles. The maximum Gasteiger partial charge on any atom is 0.163 e. The molecule has 1 aliphatic rings. The van der Waals surface area contributed by atoms with Gasteiger partial charge in [0.25, 0.3) is 0 Å². The number of anilines is 1. The molecule has 3 aromatic rings. The van der Waals surface area contributed by atoms with E-state index in [9.17, 15) is 0 Å². The Bertz CT molecular complexity index is 861. The molecule has 0 radical (unpaired) electrons. The predicted molar refractivity (Wildman–Crippen MR) is 105 cm³/mol. The van der Waals surface area contributed by atoms with Crippen molar-refractivity contribution < 1.29 is 0 Å². The van der Waals surface area contributed by atoms with Gasteiger partial charge in [0.1, 0.15) is 5.82 Å². The highest BCUT2D eigenvalue weighted by molar-refractivity contribution is 6.30. The molecule has 1 aromatic carbocycles. The molecule has 1 fully saturated rings. The fraction of sp³-hybridized carbons (Fsp3) is 0.250. The van der Waals surface area contributed by atoms with Crippen LogP contribution in [-0.2, 0) is 0 Å². The number of hydrogen-bond donors (Lipinski definition) is 2. The van der Waals surface area contributed by atoms with E-state index in [0.717, 1.165) is 53.5 Å². The molecule has 4 rings (SSSR count). The summed E-state index contributed by atoms with van der Waals surface area (Å²) in [5.41, 5.74) is 2.93. The minimum absolute atomic E-state index is 0.402. The highest BCUT2D eigenvalue weighted by atomic mass is 35.5. The summed E-state index contributed by atoms with van der Waals surface area (Å²) in [5, 5.41) is 7.74. The standard InChI is InChI=1S/C20H20ClN5/c21-16-5-3-14(4-6-16)18-13-24-19(15-2-1-9-23-12-15)26-20(18)25-17-7-10-22-11-8-17/h1-6,9,12-13,17,22H,7-8,10-11H2,(H,24,25,26). The van der Waals surface area contributed by atoms with Crippen molar-refractivity contribution in [2.75, 3.05) is 18.4 Å². The van der Waals surface area contributed by atoms with Crippen LogP contribution >= 0.6 is 11.6 Å². The fourth-order valence-electron chi connectivity index (χ4n) is 3.13. The van der Waals surface area contributed by atoms with Gasteiger partial charge in [0.15, 0.2) is 5.82 Å². The van der Waals surface area contributed by atoms with E-state index in [2.05, 4.69) is 20.6 Å². The molecule has 0 unspecified atom stereocenters. The lowest BCUT2D eigenvalue weighted by Crippen LogP contribution is -2.35. The molecule has 0 atom stereocenters. The van der Waals surface area contributed by atoms with E-state index in [1.54, 1.807) is 12.4 Å². The van der Waals surface area contributed by atoms with Crippen molar-refractivity contribution in [2.24, 2.45) is 0 Å². The Morgan fingerprint density at radius 3 is 2.54 bits per heavy atom. The third-order valence-corrected chi connectivity index (χ3v) is 4.80. The highest BCUT2D eigenvalue weighted by Crippen LogP contribution is 2.30. The number of pyridine rings is 1. The maximum absolute atomic E-state index is 6.04. The monoisotopic (exact) mass is 365 g/mol. The number of nitrogens with zero attached hydrogens (tertiary/aromatic N) is 3. The molecule has 2 N–H and O–H groups in total. The largest absolute Gasteiger partial charge is 0.367 e. The third kappa shape index (κ3) is 3.84. The van der Waals surface area contributed by atoms with Crippen LogP contribution in [0.1, 0.15) is 12.8 Å². The Morgan fingerprint density at radius 2 is 1.81 bits per heavy atom. The van der Waals surface area contributed by atoms with E-state index in [-0.39, 0.29) is 0 Å². The molecule has 5 nitrogen and oxygen atoms in total. The lowest BCUT2D eigenvalue weighted by molar-refractivity contribution is 0.478. The lowest BCUT2D eigenvalue weighted by Gasteiger charge is -2.25. The topological polar surface area (TPSA) is 62.7 Å². The molecule has 0 amide bonds. The highest BCUT2D eigenvalue weighted by Gasteiger charge is 2.17. The van der Waals surface area contributed by atoms with Crippen molar-refractivity contribution in [1.29, 1.82) is 0 Å². The van der Waals surface area contributed by atoms with E-state index in [4.69, 9.17) is 16.6 Å². The van der Waals surface area contributed by atoms with Crippen molar-refractivity contribution in [3.8, 4) is 22.5 Å². The predicted octanol–water partition coefficient (Wildman–Crippen LogP) is 4.02. The smallest absolute Gasteiger partial charge is 0.163 e. The van der Waals surface area contributed by atoms with E-state index < -0.39 is 0 Å². The first-order valence-corrected chi connectivity index (χ1v) is 9.18. The SMILES string of the molecule is Clc1ccc(-c2cnc(-c3cccnc3)nc2NC2CCNCC2)cc1. The molecule has 26 heavy (non-hydrogen) atoms. The van der Waals surface area contributed by atoms with E-state index >= 15 is 0 Å². The molecule has 6 heteroatoms. The van der Waals surface area contributed by atoms with Gasteiger partial charge in [0, 0.05) is 40.8 Å². The average Bonchev–Trinajstić information content (AvgIpc) is 2.70. The van der Waals surface area contributed by atoms with E-state index in [1.807, 2.05) is 42.6 Å². The van der Waals surface area contributed by atoms with Gasteiger partial charge in [-0.1, -0.05) is 23.7 Å². The first kappa shape index (κ1) is 16.9. The van der Waals surface area contributed by atoms with Crippen LogP contribution in [0.5, 0.6) is 0 Å². The Hall–Kier alpha value is -2.50. The first-order chi connectivity index (χ1) is 12.8. The second-order valence-corrected chi connectivity index (χ2v) is 6.81. The quantitative estimate of drug-likeness (QED) is 0.731. The molecular formula is C20H20ClN5. The molecule has 2 aromatic heterocycles. The zero-order valence-electron chi connectivity index (χ0n) is 14.3. The average molecular weight is 366 g/mol. The zero-order chi connectivity index (χ0) is 17.8. The zero-order valence-corrected chi connectivity index (χ0v) is 15.1. The van der Waals surface area contributed by atoms with Gasteiger partial charge in [-0.25, -0.2) is 9.97 Å². The third-order valence-electron chi connectivity index (χ3n) is 4.54. The Balaban J connectivity index is 1.73. The summed E-state index contributed by atoms with van der Waals surface area (Å²) in [6.45, 7) is 2.04. The van der Waals surface area contributed by atoms with Crippen LogP contribution in [0.4, 0.5) is 5.82 Å². The van der Waals surface area contributed by atoms with Gasteiger partial charge in [-0.2, -0.15) is 0 Å². The lowest BCUT2D eigenvalue weighted by atomic mass is 10.0. The van der Waals surface area contributed by atoms with Crippen LogP contribution in [0.25, 0.3) is 22.5 Å². The van der Waals surface area contributed by atoms with Gasteiger partial charge in [-0.05, 0) is 55.8 Å². The summed E-state index contributed by atoms with van der Waals surface area (Å²) in [6, 6.07) is 12.0. The van der Waals surface area contributed by atoms with Crippen molar-refractivity contribution in [3.63, 3.8) is 0 Å². The van der Waals surface area contributed by atoms with Crippen molar-refractivity contribution >= 4 is 17.4 Å². The number of benzene rings is 1. The summed E-state index contributed by atoms with van der Waals surface area (Å²) >= 11 is 6.04. The van der Waals surface area contributed by atoms with E-state index in [0.29, 0.717) is 11.9 Å². The summed E-state index contributed by atoms with van der Waals surface area (Å²) in [6.07, 6.45) is 7.56. The molecular weight excluding hydrogens is 346 g/mol. The van der Waals surface area contributed by atoms with Crippen molar-refractivity contribution in [2.45, 2.75) is 18.9 Å². The molecule has 0 spiro atoms. The van der Waals surface area contributed by atoms with E-state index in [1.165, 1.54) is 0 Å². The summed E-state index contributed by atoms with van der Waals surface area (Å²) in [4.78, 5) is 13.6. The number of halogens is 1. The van der Waals surface area contributed by atoms with Crippen LogP contribution in [0.3, 0.4) is 0 Å². The fourth-order valence-corrected chi connectivity index (χ4v) is 3.25. The van der Waals surface area contributed by atoms with Crippen LogP contribution in [0, 0.1) is 0 Å². The van der Waals surface area contributed by atoms with Gasteiger partial charge in [-0.3, -0.25) is 4.98 Å². The number of nitrogens with one attached hydrogen (secondary N) is 2. The molecule has 3 heterocycles. The second kappa shape index (κ2) is 7.81. The van der Waals surface area contributed by atoms with Gasteiger partial charge in [0.05, 0.1) is 0 Å². The second-order valence-electron chi connectivity index (χ2n) is 6.37. The van der Waals surface area contributed by atoms with Crippen LogP contribution in [0.2, 0.25) is 5.02 Å². The van der Waals surface area contributed by atoms with Gasteiger partial charge in [-0.15, -0.1) is 0 Å². The minimum Gasteiger partial charge on any atom is -0.367 e. The maximum atomic E-state index is 6.04. The summed E-state index contributed by atoms with van der Waals surface area (Å²) in [7, 11) is 0. The number of rotatable bonds is 4. The Morgan fingerprint density at radius 1 is 1.00 bits per heavy atom. The van der Waals surface area contributed by atoms with Gasteiger partial charge >= 0.3 is 0 Å². The van der Waals surface area contributed by atoms with Crippen molar-refractivity contribution in [3.05, 3.63) is 60.0 Å². The Labute approximate surface area is 157 Å². The normalized spacial score (nSPS) is 15.0. The molecule has 1 saturated heterocycles. The van der Waals surface area contributed by atoms with Crippen LogP contribution < -0.4 is 10.6 Å².